The summed E-state index contributed by atoms with van der Waals surface area (Å²) in [7, 11) is 0. The number of hydrogen-bond donors (Lipinski definition) is 1. The molecule has 8 heteroatoms. The molecule has 1 fully saturated rings. The van der Waals surface area contributed by atoms with Gasteiger partial charge in [0, 0.05) is 25.2 Å². The standard InChI is InChI=1S/C16H22N4O4/c1-9(2)14-18-16(24-20-14)13(11-4-6-22-7-5-11)17-15(21)12-8-10(3)19-23-12/h8-9,11,13H,4-7H2,1-3H3,(H,17,21)/t13-/m0/s1. The van der Waals surface area contributed by atoms with Gasteiger partial charge in [0.15, 0.2) is 5.82 Å². The van der Waals surface area contributed by atoms with Gasteiger partial charge in [-0.15, -0.1) is 0 Å². The average Bonchev–Trinajstić information content (AvgIpc) is 3.22. The molecule has 1 aliphatic rings. The van der Waals surface area contributed by atoms with Crippen molar-refractivity contribution in [1.29, 1.82) is 0 Å². The van der Waals surface area contributed by atoms with Crippen LogP contribution in [0, 0.1) is 12.8 Å². The highest BCUT2D eigenvalue weighted by atomic mass is 16.5. The average molecular weight is 334 g/mol. The third-order valence-electron chi connectivity index (χ3n) is 4.12. The van der Waals surface area contributed by atoms with Gasteiger partial charge < -0.3 is 19.1 Å². The Balaban J connectivity index is 1.82. The van der Waals surface area contributed by atoms with Crippen molar-refractivity contribution in [1.82, 2.24) is 20.6 Å². The normalized spacial score (nSPS) is 17.2. The molecule has 3 rings (SSSR count). The lowest BCUT2D eigenvalue weighted by Gasteiger charge is -2.28. The van der Waals surface area contributed by atoms with Crippen molar-refractivity contribution in [2.75, 3.05) is 13.2 Å². The minimum absolute atomic E-state index is 0.158. The molecule has 1 N–H and O–H groups in total. The first-order chi connectivity index (χ1) is 11.5. The molecule has 8 nitrogen and oxygen atoms in total. The second-order valence-electron chi connectivity index (χ2n) is 6.38. The fourth-order valence-electron chi connectivity index (χ4n) is 2.72. The van der Waals surface area contributed by atoms with Gasteiger partial charge in [-0.25, -0.2) is 0 Å². The smallest absolute Gasteiger partial charge is 0.290 e. The predicted molar refractivity (Wildman–Crippen MR) is 83.4 cm³/mol. The zero-order valence-corrected chi connectivity index (χ0v) is 14.1. The zero-order valence-electron chi connectivity index (χ0n) is 14.1. The summed E-state index contributed by atoms with van der Waals surface area (Å²) in [6.07, 6.45) is 1.64. The Hall–Kier alpha value is -2.22. The molecule has 1 atom stereocenters. The molecule has 1 saturated heterocycles. The highest BCUT2D eigenvalue weighted by molar-refractivity contribution is 5.91. The zero-order chi connectivity index (χ0) is 17.1. The Labute approximate surface area is 139 Å². The van der Waals surface area contributed by atoms with Gasteiger partial charge in [-0.05, 0) is 25.7 Å². The third kappa shape index (κ3) is 3.64. The number of hydrogen-bond acceptors (Lipinski definition) is 7. The van der Waals surface area contributed by atoms with E-state index in [1.165, 1.54) is 0 Å². The summed E-state index contributed by atoms with van der Waals surface area (Å²) in [6.45, 7) is 7.07. The van der Waals surface area contributed by atoms with Gasteiger partial charge in [-0.1, -0.05) is 24.2 Å². The number of ether oxygens (including phenoxy) is 1. The lowest BCUT2D eigenvalue weighted by Crippen LogP contribution is -2.36. The first kappa shape index (κ1) is 16.6. The van der Waals surface area contributed by atoms with E-state index in [1.807, 2.05) is 13.8 Å². The maximum atomic E-state index is 12.5. The van der Waals surface area contributed by atoms with Gasteiger partial charge in [0.1, 0.15) is 6.04 Å². The van der Waals surface area contributed by atoms with Crippen LogP contribution in [0.15, 0.2) is 15.1 Å². The number of nitrogens with one attached hydrogen (secondary N) is 1. The van der Waals surface area contributed by atoms with Crippen LogP contribution in [0.5, 0.6) is 0 Å². The summed E-state index contributed by atoms with van der Waals surface area (Å²) in [5, 5.41) is 10.7. The minimum Gasteiger partial charge on any atom is -0.381 e. The van der Waals surface area contributed by atoms with Crippen LogP contribution in [0.4, 0.5) is 0 Å². The number of carbonyl (C=O) groups excluding carboxylic acids is 1. The molecular formula is C16H22N4O4. The molecule has 0 spiro atoms. The molecule has 0 unspecified atom stereocenters. The fourth-order valence-corrected chi connectivity index (χ4v) is 2.72. The molecule has 0 aliphatic carbocycles. The molecule has 0 radical (unpaired) electrons. The molecule has 3 heterocycles. The van der Waals surface area contributed by atoms with Crippen molar-refractivity contribution < 1.29 is 18.6 Å². The first-order valence-electron chi connectivity index (χ1n) is 8.20. The Morgan fingerprint density at radius 2 is 2.00 bits per heavy atom. The highest BCUT2D eigenvalue weighted by Crippen LogP contribution is 2.30. The van der Waals surface area contributed by atoms with Gasteiger partial charge >= 0.3 is 0 Å². The van der Waals surface area contributed by atoms with Gasteiger partial charge in [0.05, 0.1) is 5.69 Å². The fraction of sp³-hybridized carbons (Fsp3) is 0.625. The molecule has 1 amide bonds. The molecular weight excluding hydrogens is 312 g/mol. The van der Waals surface area contributed by atoms with E-state index in [4.69, 9.17) is 13.8 Å². The van der Waals surface area contributed by atoms with Gasteiger partial charge in [-0.2, -0.15) is 4.98 Å². The van der Waals surface area contributed by atoms with E-state index in [0.717, 1.165) is 12.8 Å². The van der Waals surface area contributed by atoms with Crippen LogP contribution in [0.25, 0.3) is 0 Å². The number of amides is 1. The van der Waals surface area contributed by atoms with Gasteiger partial charge in [0.2, 0.25) is 11.7 Å². The van der Waals surface area contributed by atoms with Crippen molar-refractivity contribution in [2.24, 2.45) is 5.92 Å². The van der Waals surface area contributed by atoms with Gasteiger partial charge in [-0.3, -0.25) is 4.79 Å². The largest absolute Gasteiger partial charge is 0.381 e. The van der Waals surface area contributed by atoms with E-state index in [-0.39, 0.29) is 29.5 Å². The summed E-state index contributed by atoms with van der Waals surface area (Å²) < 4.78 is 15.9. The first-order valence-corrected chi connectivity index (χ1v) is 8.20. The summed E-state index contributed by atoms with van der Waals surface area (Å²) >= 11 is 0. The Morgan fingerprint density at radius 3 is 2.58 bits per heavy atom. The number of aromatic nitrogens is 3. The van der Waals surface area contributed by atoms with Crippen molar-refractivity contribution in [2.45, 2.75) is 45.6 Å². The lowest BCUT2D eigenvalue weighted by molar-refractivity contribution is 0.0462. The van der Waals surface area contributed by atoms with Crippen molar-refractivity contribution in [3.63, 3.8) is 0 Å². The van der Waals surface area contributed by atoms with Gasteiger partial charge in [0.25, 0.3) is 5.91 Å². The molecule has 2 aromatic rings. The number of carbonyl (C=O) groups is 1. The Bertz CT molecular complexity index is 688. The van der Waals surface area contributed by atoms with Crippen LogP contribution in [-0.2, 0) is 4.74 Å². The molecule has 0 saturated carbocycles. The van der Waals surface area contributed by atoms with Crippen LogP contribution in [0.3, 0.4) is 0 Å². The second-order valence-corrected chi connectivity index (χ2v) is 6.38. The summed E-state index contributed by atoms with van der Waals surface area (Å²) in [4.78, 5) is 16.9. The topological polar surface area (TPSA) is 103 Å². The summed E-state index contributed by atoms with van der Waals surface area (Å²) in [6, 6.07) is 1.23. The maximum absolute atomic E-state index is 12.5. The van der Waals surface area contributed by atoms with E-state index in [2.05, 4.69) is 20.6 Å². The highest BCUT2D eigenvalue weighted by Gasteiger charge is 2.32. The van der Waals surface area contributed by atoms with Crippen LogP contribution in [0.2, 0.25) is 0 Å². The monoisotopic (exact) mass is 334 g/mol. The Morgan fingerprint density at radius 1 is 1.25 bits per heavy atom. The van der Waals surface area contributed by atoms with E-state index in [9.17, 15) is 4.79 Å². The molecule has 0 aromatic carbocycles. The van der Waals surface area contributed by atoms with E-state index < -0.39 is 0 Å². The van der Waals surface area contributed by atoms with Crippen LogP contribution in [-0.4, -0.2) is 34.4 Å². The van der Waals surface area contributed by atoms with Crippen molar-refractivity contribution in [3.8, 4) is 0 Å². The van der Waals surface area contributed by atoms with E-state index >= 15 is 0 Å². The second kappa shape index (κ2) is 7.12. The maximum Gasteiger partial charge on any atom is 0.290 e. The lowest BCUT2D eigenvalue weighted by atomic mass is 9.91. The molecule has 1 aliphatic heterocycles. The van der Waals surface area contributed by atoms with Crippen LogP contribution in [0.1, 0.15) is 66.6 Å². The van der Waals surface area contributed by atoms with Crippen LogP contribution < -0.4 is 5.32 Å². The number of aryl methyl sites for hydroxylation is 1. The quantitative estimate of drug-likeness (QED) is 0.895. The molecule has 2 aromatic heterocycles. The van der Waals surface area contributed by atoms with Crippen molar-refractivity contribution in [3.05, 3.63) is 29.2 Å². The number of nitrogens with zero attached hydrogens (tertiary/aromatic N) is 3. The van der Waals surface area contributed by atoms with Crippen molar-refractivity contribution >= 4 is 5.91 Å². The summed E-state index contributed by atoms with van der Waals surface area (Å²) in [5.41, 5.74) is 0.655. The van der Waals surface area contributed by atoms with Crippen LogP contribution >= 0.6 is 0 Å². The van der Waals surface area contributed by atoms with E-state index in [1.54, 1.807) is 13.0 Å². The molecule has 130 valence electrons. The minimum atomic E-state index is -0.369. The molecule has 24 heavy (non-hydrogen) atoms. The number of rotatable bonds is 5. The Kier molecular flexibility index (Phi) is 4.94. The van der Waals surface area contributed by atoms with E-state index in [0.29, 0.717) is 30.6 Å². The third-order valence-corrected chi connectivity index (χ3v) is 4.12. The summed E-state index contributed by atoms with van der Waals surface area (Å²) in [5.74, 6) is 1.23. The predicted octanol–water partition coefficient (Wildman–Crippen LogP) is 2.39. The SMILES string of the molecule is Cc1cc(C(=O)N[C@H](c2nc(C(C)C)no2)C2CCOCC2)on1. The molecule has 0 bridgehead atoms.